The molecular formula is C19H28N6O2. The van der Waals surface area contributed by atoms with Crippen LogP contribution in [0.15, 0.2) is 30.9 Å². The second-order valence-electron chi connectivity index (χ2n) is 6.94. The number of hydrogen-bond acceptors (Lipinski definition) is 4. The van der Waals surface area contributed by atoms with Crippen LogP contribution in [0.1, 0.15) is 36.5 Å². The number of aryl methyl sites for hydroxylation is 1. The zero-order chi connectivity index (χ0) is 19.4. The van der Waals surface area contributed by atoms with Gasteiger partial charge in [-0.2, -0.15) is 0 Å². The minimum absolute atomic E-state index is 0.0696. The quantitative estimate of drug-likeness (QED) is 0.759. The Labute approximate surface area is 159 Å². The molecule has 1 aliphatic heterocycles. The van der Waals surface area contributed by atoms with Gasteiger partial charge in [0.1, 0.15) is 5.69 Å². The Balaban J connectivity index is 1.73. The van der Waals surface area contributed by atoms with E-state index >= 15 is 0 Å². The monoisotopic (exact) mass is 372 g/mol. The molecule has 2 aromatic heterocycles. The van der Waals surface area contributed by atoms with E-state index in [1.807, 2.05) is 38.1 Å². The maximum absolute atomic E-state index is 13.0. The number of amides is 2. The van der Waals surface area contributed by atoms with Crippen LogP contribution >= 0.6 is 0 Å². The van der Waals surface area contributed by atoms with Crippen LogP contribution in [0.5, 0.6) is 0 Å². The highest BCUT2D eigenvalue weighted by Crippen LogP contribution is 2.22. The van der Waals surface area contributed by atoms with Crippen LogP contribution in [-0.2, 0) is 18.4 Å². The molecular weight excluding hydrogens is 344 g/mol. The van der Waals surface area contributed by atoms with Gasteiger partial charge in [0.05, 0.1) is 12.4 Å². The summed E-state index contributed by atoms with van der Waals surface area (Å²) in [4.78, 5) is 36.7. The third-order valence-electron chi connectivity index (χ3n) is 5.20. The normalized spacial score (nSPS) is 20.0. The molecule has 1 aliphatic rings. The summed E-state index contributed by atoms with van der Waals surface area (Å²) in [5.74, 6) is 0.0139. The molecule has 27 heavy (non-hydrogen) atoms. The van der Waals surface area contributed by atoms with Gasteiger partial charge in [-0.25, -0.2) is 4.98 Å². The van der Waals surface area contributed by atoms with Crippen molar-refractivity contribution in [3.63, 3.8) is 0 Å². The van der Waals surface area contributed by atoms with Gasteiger partial charge in [0.25, 0.3) is 5.91 Å². The van der Waals surface area contributed by atoms with Crippen LogP contribution in [0.4, 0.5) is 0 Å². The summed E-state index contributed by atoms with van der Waals surface area (Å²) in [5.41, 5.74) is 1.58. The lowest BCUT2D eigenvalue weighted by Gasteiger charge is -2.28. The van der Waals surface area contributed by atoms with Gasteiger partial charge < -0.3 is 19.8 Å². The van der Waals surface area contributed by atoms with E-state index in [-0.39, 0.29) is 23.9 Å². The zero-order valence-electron chi connectivity index (χ0n) is 16.2. The van der Waals surface area contributed by atoms with Crippen molar-refractivity contribution in [2.75, 3.05) is 19.6 Å². The fraction of sp³-hybridized carbons (Fsp3) is 0.526. The smallest absolute Gasteiger partial charge is 0.268 e. The number of hydrogen-bond donors (Lipinski definition) is 2. The second kappa shape index (κ2) is 8.39. The minimum atomic E-state index is -0.244. The Bertz CT molecular complexity index is 765. The number of carbonyl (C=O) groups excluding carboxylic acids is 2. The predicted octanol–water partition coefficient (Wildman–Crippen LogP) is 0.990. The first-order valence-electron chi connectivity index (χ1n) is 9.45. The highest BCUT2D eigenvalue weighted by molar-refractivity contribution is 5.93. The molecule has 0 aliphatic carbocycles. The highest BCUT2D eigenvalue weighted by Gasteiger charge is 2.39. The van der Waals surface area contributed by atoms with E-state index in [0.29, 0.717) is 38.3 Å². The average Bonchev–Trinajstić information content (AvgIpc) is 3.38. The second-order valence-corrected chi connectivity index (χ2v) is 6.94. The number of imidazole rings is 1. The predicted molar refractivity (Wildman–Crippen MR) is 102 cm³/mol. The number of carbonyl (C=O) groups is 2. The fourth-order valence-corrected chi connectivity index (χ4v) is 3.73. The van der Waals surface area contributed by atoms with Crippen molar-refractivity contribution in [2.45, 2.75) is 38.9 Å². The van der Waals surface area contributed by atoms with Crippen LogP contribution in [0.2, 0.25) is 0 Å². The summed E-state index contributed by atoms with van der Waals surface area (Å²) >= 11 is 0. The van der Waals surface area contributed by atoms with Crippen LogP contribution in [0.3, 0.4) is 0 Å². The van der Waals surface area contributed by atoms with Crippen LogP contribution in [-0.4, -0.2) is 67.9 Å². The number of nitrogens with one attached hydrogen (secondary N) is 2. The maximum atomic E-state index is 13.0. The average molecular weight is 372 g/mol. The van der Waals surface area contributed by atoms with Crippen molar-refractivity contribution in [1.29, 1.82) is 0 Å². The summed E-state index contributed by atoms with van der Waals surface area (Å²) in [6.45, 7) is 6.59. The molecule has 0 spiro atoms. The van der Waals surface area contributed by atoms with E-state index in [1.54, 1.807) is 23.2 Å². The molecule has 0 unspecified atom stereocenters. The molecule has 146 valence electrons. The topological polar surface area (TPSA) is 86.3 Å². The molecule has 2 aromatic rings. The lowest BCUT2D eigenvalue weighted by molar-refractivity contribution is -0.135. The SMILES string of the molecule is CCN(CC)C(=O)[C@@H]1C[C@@H](NC(=O)c2cccn2C)CN1Cc1cnc[nH]1. The van der Waals surface area contributed by atoms with Gasteiger partial charge in [0.15, 0.2) is 0 Å². The molecule has 0 bridgehead atoms. The Morgan fingerprint density at radius 2 is 2.15 bits per heavy atom. The Morgan fingerprint density at radius 1 is 1.37 bits per heavy atom. The fourth-order valence-electron chi connectivity index (χ4n) is 3.73. The van der Waals surface area contributed by atoms with Gasteiger partial charge in [-0.05, 0) is 32.4 Å². The number of nitrogens with zero attached hydrogens (tertiary/aromatic N) is 4. The lowest BCUT2D eigenvalue weighted by atomic mass is 10.1. The Morgan fingerprint density at radius 3 is 2.74 bits per heavy atom. The molecule has 0 saturated carbocycles. The summed E-state index contributed by atoms with van der Waals surface area (Å²) in [6, 6.07) is 3.33. The molecule has 8 nitrogen and oxygen atoms in total. The Kier molecular flexibility index (Phi) is 5.95. The van der Waals surface area contributed by atoms with E-state index in [1.165, 1.54) is 0 Å². The minimum Gasteiger partial charge on any atom is -0.347 e. The molecule has 2 amide bonds. The first kappa shape index (κ1) is 19.2. The number of likely N-dealkylation sites (tertiary alicyclic amines) is 1. The first-order chi connectivity index (χ1) is 13.0. The standard InChI is InChI=1S/C19H28N6O2/c1-4-24(5-2)19(27)17-9-14(11-25(17)12-15-10-20-13-21-15)22-18(26)16-7-6-8-23(16)3/h6-8,10,13-14,17H,4-5,9,11-12H2,1-3H3,(H,20,21)(H,22,26)/t14-,17+/m1/s1. The highest BCUT2D eigenvalue weighted by atomic mass is 16.2. The van der Waals surface area contributed by atoms with Gasteiger partial charge >= 0.3 is 0 Å². The summed E-state index contributed by atoms with van der Waals surface area (Å²) in [7, 11) is 1.85. The van der Waals surface area contributed by atoms with Gasteiger partial charge in [-0.15, -0.1) is 0 Å². The number of rotatable bonds is 7. The zero-order valence-corrected chi connectivity index (χ0v) is 16.2. The maximum Gasteiger partial charge on any atom is 0.268 e. The third-order valence-corrected chi connectivity index (χ3v) is 5.20. The van der Waals surface area contributed by atoms with Crippen LogP contribution in [0.25, 0.3) is 0 Å². The first-order valence-corrected chi connectivity index (χ1v) is 9.45. The number of aromatic amines is 1. The number of H-pyrrole nitrogens is 1. The summed E-state index contributed by atoms with van der Waals surface area (Å²) in [6.07, 6.45) is 5.87. The van der Waals surface area contributed by atoms with E-state index in [4.69, 9.17) is 0 Å². The molecule has 1 saturated heterocycles. The lowest BCUT2D eigenvalue weighted by Crippen LogP contribution is -2.45. The van der Waals surface area contributed by atoms with Crippen molar-refractivity contribution in [2.24, 2.45) is 7.05 Å². The van der Waals surface area contributed by atoms with Gasteiger partial charge in [0.2, 0.25) is 5.91 Å². The number of aromatic nitrogens is 3. The molecule has 2 N–H and O–H groups in total. The van der Waals surface area contributed by atoms with Crippen LogP contribution in [0, 0.1) is 0 Å². The van der Waals surface area contributed by atoms with E-state index in [0.717, 1.165) is 5.69 Å². The Hall–Kier alpha value is -2.61. The summed E-state index contributed by atoms with van der Waals surface area (Å²) < 4.78 is 1.80. The number of likely N-dealkylation sites (N-methyl/N-ethyl adjacent to an activating group) is 1. The molecule has 3 rings (SSSR count). The summed E-state index contributed by atoms with van der Waals surface area (Å²) in [5, 5.41) is 3.09. The van der Waals surface area contributed by atoms with Gasteiger partial charge in [0, 0.05) is 57.4 Å². The van der Waals surface area contributed by atoms with Gasteiger partial charge in [-0.1, -0.05) is 0 Å². The van der Waals surface area contributed by atoms with Crippen molar-refractivity contribution in [3.05, 3.63) is 42.2 Å². The van der Waals surface area contributed by atoms with E-state index in [9.17, 15) is 9.59 Å². The molecule has 2 atom stereocenters. The van der Waals surface area contributed by atoms with Crippen molar-refractivity contribution < 1.29 is 9.59 Å². The largest absolute Gasteiger partial charge is 0.347 e. The van der Waals surface area contributed by atoms with Gasteiger partial charge in [-0.3, -0.25) is 14.5 Å². The molecule has 0 radical (unpaired) electrons. The van der Waals surface area contributed by atoms with Crippen molar-refractivity contribution in [1.82, 2.24) is 29.7 Å². The van der Waals surface area contributed by atoms with Crippen LogP contribution < -0.4 is 5.32 Å². The molecule has 0 aromatic carbocycles. The third kappa shape index (κ3) is 4.21. The van der Waals surface area contributed by atoms with E-state index < -0.39 is 0 Å². The molecule has 1 fully saturated rings. The van der Waals surface area contributed by atoms with E-state index in [2.05, 4.69) is 20.2 Å². The molecule has 3 heterocycles. The van der Waals surface area contributed by atoms with Crippen molar-refractivity contribution in [3.8, 4) is 0 Å². The van der Waals surface area contributed by atoms with Crippen molar-refractivity contribution >= 4 is 11.8 Å². The molecule has 8 heteroatoms.